The third kappa shape index (κ3) is 3.53. The normalized spacial score (nSPS) is 14.9. The molecule has 4 rings (SSSR count). The van der Waals surface area contributed by atoms with Crippen molar-refractivity contribution in [2.75, 3.05) is 26.6 Å². The van der Waals surface area contributed by atoms with Gasteiger partial charge in [0.2, 0.25) is 5.95 Å². The lowest BCUT2D eigenvalue weighted by atomic mass is 9.88. The van der Waals surface area contributed by atoms with Crippen LogP contribution in [0, 0.1) is 5.82 Å². The van der Waals surface area contributed by atoms with Crippen molar-refractivity contribution in [2.45, 2.75) is 6.04 Å². The fourth-order valence-electron chi connectivity index (χ4n) is 3.49. The van der Waals surface area contributed by atoms with E-state index in [1.165, 1.54) is 38.1 Å². The number of tetrazole rings is 1. The maximum Gasteiger partial charge on any atom is 0.355 e. The average molecular weight is 439 g/mol. The smallest absolute Gasteiger partial charge is 0.355 e. The standard InChI is InChI=1S/C21H18FN5O5/c1-30-13-8-9-15(31-2)14(10-13)18-16(19(28)11-4-6-12(22)7-5-11)17(20(29)32-3)23-21-24-25-26-27(18)21/h4-10,18H,1-3H3,(H,23,24,26)/t18-/m0/s1. The fourth-order valence-corrected chi connectivity index (χ4v) is 3.49. The number of nitrogens with zero attached hydrogens (tertiary/aromatic N) is 4. The molecule has 32 heavy (non-hydrogen) atoms. The fraction of sp³-hybridized carbons (Fsp3) is 0.190. The number of methoxy groups -OCH3 is 3. The van der Waals surface area contributed by atoms with E-state index >= 15 is 0 Å². The molecule has 1 N–H and O–H groups in total. The second-order valence-corrected chi connectivity index (χ2v) is 6.70. The number of nitrogens with one attached hydrogen (secondary N) is 1. The highest BCUT2D eigenvalue weighted by molar-refractivity contribution is 6.15. The topological polar surface area (TPSA) is 117 Å². The number of rotatable bonds is 6. The molecule has 0 saturated carbocycles. The van der Waals surface area contributed by atoms with Crippen LogP contribution in [0.15, 0.2) is 53.7 Å². The van der Waals surface area contributed by atoms with Gasteiger partial charge in [0, 0.05) is 11.1 Å². The van der Waals surface area contributed by atoms with Crippen molar-refractivity contribution >= 4 is 17.7 Å². The maximum atomic E-state index is 13.6. The van der Waals surface area contributed by atoms with Crippen molar-refractivity contribution in [3.8, 4) is 11.5 Å². The molecule has 1 aliphatic heterocycles. The SMILES string of the molecule is COC(=O)C1=C(C(=O)c2ccc(F)cc2)[C@H](c2cc(OC)ccc2OC)n2nnnc2N1. The largest absolute Gasteiger partial charge is 0.497 e. The minimum atomic E-state index is -0.974. The number of hydrogen-bond donors (Lipinski definition) is 1. The summed E-state index contributed by atoms with van der Waals surface area (Å²) in [4.78, 5) is 26.3. The van der Waals surface area contributed by atoms with E-state index in [0.29, 0.717) is 17.1 Å². The molecule has 0 unspecified atom stereocenters. The predicted molar refractivity (Wildman–Crippen MR) is 109 cm³/mol. The molecule has 1 aromatic heterocycles. The summed E-state index contributed by atoms with van der Waals surface area (Å²) >= 11 is 0. The van der Waals surface area contributed by atoms with Gasteiger partial charge < -0.3 is 19.5 Å². The summed E-state index contributed by atoms with van der Waals surface area (Å²) in [6.07, 6.45) is 0. The number of esters is 1. The third-order valence-corrected chi connectivity index (χ3v) is 4.99. The average Bonchev–Trinajstić information content (AvgIpc) is 3.30. The first-order valence-corrected chi connectivity index (χ1v) is 9.38. The van der Waals surface area contributed by atoms with Gasteiger partial charge in [-0.25, -0.2) is 9.18 Å². The van der Waals surface area contributed by atoms with E-state index in [1.54, 1.807) is 18.2 Å². The summed E-state index contributed by atoms with van der Waals surface area (Å²) in [7, 11) is 4.16. The number of ketones is 1. The van der Waals surface area contributed by atoms with Gasteiger partial charge in [-0.1, -0.05) is 5.10 Å². The van der Waals surface area contributed by atoms with Crippen molar-refractivity contribution in [2.24, 2.45) is 0 Å². The molecule has 10 nitrogen and oxygen atoms in total. The molecular weight excluding hydrogens is 421 g/mol. The minimum Gasteiger partial charge on any atom is -0.497 e. The molecule has 0 spiro atoms. The first-order chi connectivity index (χ1) is 15.5. The highest BCUT2D eigenvalue weighted by Crippen LogP contribution is 2.41. The number of anilines is 1. The second kappa shape index (κ2) is 8.46. The van der Waals surface area contributed by atoms with Crippen molar-refractivity contribution in [3.05, 3.63) is 70.7 Å². The predicted octanol–water partition coefficient (Wildman–Crippen LogP) is 2.15. The zero-order valence-corrected chi connectivity index (χ0v) is 17.3. The number of aromatic nitrogens is 4. The Morgan fingerprint density at radius 1 is 1.06 bits per heavy atom. The Kier molecular flexibility index (Phi) is 5.54. The number of carbonyl (C=O) groups is 2. The van der Waals surface area contributed by atoms with Crippen LogP contribution < -0.4 is 14.8 Å². The summed E-state index contributed by atoms with van der Waals surface area (Å²) in [5.41, 5.74) is 0.482. The monoisotopic (exact) mass is 439 g/mol. The van der Waals surface area contributed by atoms with Crippen molar-refractivity contribution < 1.29 is 28.2 Å². The number of hydrogen-bond acceptors (Lipinski definition) is 9. The van der Waals surface area contributed by atoms with Gasteiger partial charge in [-0.15, -0.1) is 0 Å². The van der Waals surface area contributed by atoms with Crippen LogP contribution in [0.2, 0.25) is 0 Å². The summed E-state index contributed by atoms with van der Waals surface area (Å²) < 4.78 is 30.5. The van der Waals surface area contributed by atoms with E-state index < -0.39 is 23.6 Å². The Hall–Kier alpha value is -4.28. The molecule has 164 valence electrons. The Bertz CT molecular complexity index is 1220. The number of carbonyl (C=O) groups excluding carboxylic acids is 2. The summed E-state index contributed by atoms with van der Waals surface area (Å²) in [5.74, 6) is -0.823. The molecular formula is C21H18FN5O5. The Morgan fingerprint density at radius 2 is 1.81 bits per heavy atom. The molecule has 2 aromatic carbocycles. The lowest BCUT2D eigenvalue weighted by Gasteiger charge is -2.29. The van der Waals surface area contributed by atoms with Gasteiger partial charge in [0.25, 0.3) is 0 Å². The number of allylic oxidation sites excluding steroid dienone is 1. The molecule has 0 bridgehead atoms. The van der Waals surface area contributed by atoms with Gasteiger partial charge in [0.15, 0.2) is 5.78 Å². The Labute approximate surface area is 181 Å². The third-order valence-electron chi connectivity index (χ3n) is 4.99. The summed E-state index contributed by atoms with van der Waals surface area (Å²) in [6, 6.07) is 9.01. The lowest BCUT2D eigenvalue weighted by molar-refractivity contribution is -0.136. The van der Waals surface area contributed by atoms with Crippen LogP contribution >= 0.6 is 0 Å². The van der Waals surface area contributed by atoms with Crippen LogP contribution in [0.4, 0.5) is 10.3 Å². The number of Topliss-reactive ketones (excluding diaryl/α,β-unsaturated/α-hetero) is 1. The lowest BCUT2D eigenvalue weighted by Crippen LogP contribution is -2.33. The molecule has 0 radical (unpaired) electrons. The van der Waals surface area contributed by atoms with Crippen LogP contribution in [0.1, 0.15) is 22.0 Å². The Balaban J connectivity index is 2.00. The molecule has 2 heterocycles. The van der Waals surface area contributed by atoms with Crippen LogP contribution in [0.25, 0.3) is 0 Å². The molecule has 0 amide bonds. The summed E-state index contributed by atoms with van der Waals surface area (Å²) in [5, 5.41) is 14.3. The highest BCUT2D eigenvalue weighted by Gasteiger charge is 2.40. The van der Waals surface area contributed by atoms with E-state index in [9.17, 15) is 14.0 Å². The number of fused-ring (bicyclic) bond motifs is 1. The molecule has 11 heteroatoms. The first-order valence-electron chi connectivity index (χ1n) is 9.38. The maximum absolute atomic E-state index is 13.6. The van der Waals surface area contributed by atoms with Crippen LogP contribution in [-0.2, 0) is 9.53 Å². The number of ether oxygens (including phenoxy) is 3. The van der Waals surface area contributed by atoms with E-state index in [0.717, 1.165) is 12.1 Å². The molecule has 3 aromatic rings. The van der Waals surface area contributed by atoms with Crippen LogP contribution in [0.3, 0.4) is 0 Å². The summed E-state index contributed by atoms with van der Waals surface area (Å²) in [6.45, 7) is 0. The molecule has 1 atom stereocenters. The van der Waals surface area contributed by atoms with Crippen LogP contribution in [0.5, 0.6) is 11.5 Å². The van der Waals surface area contributed by atoms with Gasteiger partial charge in [0.05, 0.1) is 26.9 Å². The molecule has 0 fully saturated rings. The van der Waals surface area contributed by atoms with Crippen molar-refractivity contribution in [1.82, 2.24) is 20.2 Å². The first kappa shape index (κ1) is 21.0. The molecule has 0 aliphatic carbocycles. The highest BCUT2D eigenvalue weighted by atomic mass is 19.1. The quantitative estimate of drug-likeness (QED) is 0.455. The number of halogens is 1. The minimum absolute atomic E-state index is 0.00480. The zero-order valence-electron chi connectivity index (χ0n) is 17.3. The van der Waals surface area contributed by atoms with Crippen LogP contribution in [-0.4, -0.2) is 53.3 Å². The second-order valence-electron chi connectivity index (χ2n) is 6.70. The van der Waals surface area contributed by atoms with Gasteiger partial charge >= 0.3 is 5.97 Å². The zero-order chi connectivity index (χ0) is 22.8. The van der Waals surface area contributed by atoms with E-state index in [4.69, 9.17) is 14.2 Å². The molecule has 0 saturated heterocycles. The van der Waals surface area contributed by atoms with Gasteiger partial charge in [-0.05, 0) is 52.9 Å². The number of benzene rings is 2. The van der Waals surface area contributed by atoms with Crippen molar-refractivity contribution in [3.63, 3.8) is 0 Å². The van der Waals surface area contributed by atoms with Crippen molar-refractivity contribution in [1.29, 1.82) is 0 Å². The van der Waals surface area contributed by atoms with E-state index in [-0.39, 0.29) is 22.8 Å². The molecule has 1 aliphatic rings. The van der Waals surface area contributed by atoms with Gasteiger partial charge in [-0.2, -0.15) is 4.68 Å². The van der Waals surface area contributed by atoms with Gasteiger partial charge in [0.1, 0.15) is 29.1 Å². The van der Waals surface area contributed by atoms with E-state index in [2.05, 4.69) is 20.8 Å². The van der Waals surface area contributed by atoms with E-state index in [1.807, 2.05) is 0 Å². The van der Waals surface area contributed by atoms with Gasteiger partial charge in [-0.3, -0.25) is 4.79 Å². The Morgan fingerprint density at radius 3 is 2.47 bits per heavy atom.